The van der Waals surface area contributed by atoms with Gasteiger partial charge in [0, 0.05) is 5.41 Å². The van der Waals surface area contributed by atoms with Crippen LogP contribution in [0.15, 0.2) is 11.6 Å². The summed E-state index contributed by atoms with van der Waals surface area (Å²) in [5, 5.41) is 153. The van der Waals surface area contributed by atoms with E-state index in [0.717, 1.165) is 44.9 Å². The van der Waals surface area contributed by atoms with E-state index in [0.29, 0.717) is 12.8 Å². The monoisotopic (exact) mass is 1090 g/mol. The molecule has 9 rings (SSSR count). The maximum absolute atomic E-state index is 12.4. The van der Waals surface area contributed by atoms with Gasteiger partial charge in [-0.3, -0.25) is 0 Å². The second kappa shape index (κ2) is 21.6. The molecule has 5 aliphatic carbocycles. The van der Waals surface area contributed by atoms with Crippen LogP contribution in [-0.2, 0) is 37.9 Å². The zero-order valence-corrected chi connectivity index (χ0v) is 45.2. The molecule has 4 saturated heterocycles. The van der Waals surface area contributed by atoms with Gasteiger partial charge in [-0.05, 0) is 110 Å². The number of ether oxygens (including phenoxy) is 8. The Balaban J connectivity index is 0.956. The van der Waals surface area contributed by atoms with Crippen molar-refractivity contribution in [1.82, 2.24) is 0 Å². The fourth-order valence-corrected chi connectivity index (χ4v) is 16.6. The Bertz CT molecular complexity index is 2050. The summed E-state index contributed by atoms with van der Waals surface area (Å²) in [6.45, 7) is 15.3. The van der Waals surface area contributed by atoms with Crippen LogP contribution in [-0.4, -0.2) is 233 Å². The molecule has 4 heterocycles. The molecule has 76 heavy (non-hydrogen) atoms. The highest BCUT2D eigenvalue weighted by Crippen LogP contribution is 2.76. The predicted molar refractivity (Wildman–Crippen MR) is 263 cm³/mol. The Labute approximate surface area is 444 Å². The summed E-state index contributed by atoms with van der Waals surface area (Å²) >= 11 is 0. The van der Waals surface area contributed by atoms with Gasteiger partial charge < -0.3 is 109 Å². The summed E-state index contributed by atoms with van der Waals surface area (Å²) in [6, 6.07) is 0. The SMILES string of the molecule is C[C@@H]1O[C@H](O[C@@H]2[C@H](O[C@@H]3CC[C@]4(C)[C@H](CC[C@@]5(C)[C@H]4CC=C4[C@H]6CC(C)(C)CC[C@@]6(CO)[C@H](O)C[C@@]45C)C3(C)C)O[C@H](CO)[C@@H](O[C@H]3O[C@H](CO[C@H]4O[C@H](CO)[C@@H](O)[C@@H](O)[C@@H]4O)[C@@H](O)[C@H](O)[C@@H]3O)[C@@H]2O)[C@@H](O)[C@@H](O)[C@H]1O. The zero-order chi connectivity index (χ0) is 55.6. The van der Waals surface area contributed by atoms with E-state index in [-0.39, 0.29) is 46.0 Å². The van der Waals surface area contributed by atoms with Crippen molar-refractivity contribution in [1.29, 1.82) is 0 Å². The van der Waals surface area contributed by atoms with E-state index in [4.69, 9.17) is 37.9 Å². The van der Waals surface area contributed by atoms with Gasteiger partial charge in [-0.1, -0.05) is 60.1 Å². The van der Waals surface area contributed by atoms with Gasteiger partial charge in [0.25, 0.3) is 0 Å². The molecule has 29 atom stereocenters. The molecule has 0 spiro atoms. The molecular weight excluding hydrogens is 1000 g/mol. The van der Waals surface area contributed by atoms with E-state index < -0.39 is 166 Å². The van der Waals surface area contributed by atoms with Gasteiger partial charge in [0.2, 0.25) is 0 Å². The highest BCUT2D eigenvalue weighted by atomic mass is 16.8. The normalized spacial score (nSPS) is 55.1. The third-order valence-corrected chi connectivity index (χ3v) is 21.5. The molecule has 0 aromatic heterocycles. The summed E-state index contributed by atoms with van der Waals surface area (Å²) in [6.07, 6.45) is -24.9. The van der Waals surface area contributed by atoms with Crippen molar-refractivity contribution in [2.75, 3.05) is 26.4 Å². The number of fused-ring (bicyclic) bond motifs is 7. The number of aliphatic hydroxyl groups excluding tert-OH is 14. The Hall–Kier alpha value is -1.14. The van der Waals surface area contributed by atoms with E-state index >= 15 is 0 Å². The molecule has 4 aliphatic heterocycles. The summed E-state index contributed by atoms with van der Waals surface area (Å²) in [7, 11) is 0. The molecule has 0 unspecified atom stereocenters. The van der Waals surface area contributed by atoms with Crippen molar-refractivity contribution in [3.8, 4) is 0 Å². The molecule has 22 heteroatoms. The fourth-order valence-electron chi connectivity index (χ4n) is 16.6. The summed E-state index contributed by atoms with van der Waals surface area (Å²) in [4.78, 5) is 0. The molecule has 22 nitrogen and oxygen atoms in total. The first-order valence-electron chi connectivity index (χ1n) is 27.8. The third-order valence-electron chi connectivity index (χ3n) is 21.5. The van der Waals surface area contributed by atoms with Gasteiger partial charge in [-0.25, -0.2) is 0 Å². The molecule has 438 valence electrons. The van der Waals surface area contributed by atoms with E-state index in [1.165, 1.54) is 12.5 Å². The van der Waals surface area contributed by atoms with Gasteiger partial charge in [-0.15, -0.1) is 0 Å². The minimum atomic E-state index is -1.99. The van der Waals surface area contributed by atoms with Crippen molar-refractivity contribution in [2.45, 2.75) is 248 Å². The number of hydrogen-bond acceptors (Lipinski definition) is 22. The van der Waals surface area contributed by atoms with Crippen LogP contribution >= 0.6 is 0 Å². The van der Waals surface area contributed by atoms with Crippen molar-refractivity contribution in [3.63, 3.8) is 0 Å². The molecule has 0 amide bonds. The van der Waals surface area contributed by atoms with Crippen LogP contribution in [0.5, 0.6) is 0 Å². The van der Waals surface area contributed by atoms with Crippen LogP contribution < -0.4 is 0 Å². The Morgan fingerprint density at radius 3 is 1.76 bits per heavy atom. The summed E-state index contributed by atoms with van der Waals surface area (Å²) < 4.78 is 48.6. The molecule has 8 fully saturated rings. The van der Waals surface area contributed by atoms with Crippen LogP contribution in [0.2, 0.25) is 0 Å². The van der Waals surface area contributed by atoms with E-state index in [2.05, 4.69) is 54.5 Å². The minimum absolute atomic E-state index is 0.0421. The molecule has 14 N–H and O–H groups in total. The number of rotatable bonds is 12. The van der Waals surface area contributed by atoms with Gasteiger partial charge in [0.05, 0.1) is 44.7 Å². The molecule has 0 radical (unpaired) electrons. The smallest absolute Gasteiger partial charge is 0.187 e. The van der Waals surface area contributed by atoms with Crippen molar-refractivity contribution >= 4 is 0 Å². The molecule has 4 saturated carbocycles. The zero-order valence-electron chi connectivity index (χ0n) is 45.2. The standard InChI is InChI=1S/C54H90O22/c1-23-33(59)36(62)40(66)46(70-23)76-44-42(68)43(75-47-41(67)38(64)35(61)28(73-47)21-69-45-39(65)37(63)34(60)26(19-55)71-45)27(20-56)72-48(44)74-32-12-13-51(6)29(50(32,4)5)11-14-52(7)30(51)10-9-24-25-17-49(2,3)15-16-54(25,22-57)31(58)18-53(24,52)8/h9,23,25-48,55-68H,10-22H2,1-8H3/t23-,25+,26+,27+,28+,29+,30-,31+,32+,33-,34+,35+,36-,37+,38-,39-,40-,41-,42-,43+,44-,45-,46+,47+,48-,51+,52-,53-,54-/m0/s1. The highest BCUT2D eigenvalue weighted by molar-refractivity contribution is 5.35. The lowest BCUT2D eigenvalue weighted by Gasteiger charge is -2.72. The van der Waals surface area contributed by atoms with E-state index in [1.54, 1.807) is 0 Å². The van der Waals surface area contributed by atoms with Crippen LogP contribution in [0.4, 0.5) is 0 Å². The number of allylic oxidation sites excluding steroid dienone is 2. The van der Waals surface area contributed by atoms with Crippen molar-refractivity contribution in [2.24, 2.45) is 50.2 Å². The van der Waals surface area contributed by atoms with Crippen LogP contribution in [0, 0.1) is 50.2 Å². The lowest BCUT2D eigenvalue weighted by molar-refractivity contribution is -0.395. The second-order valence-corrected chi connectivity index (χ2v) is 26.5. The first-order chi connectivity index (χ1) is 35.5. The lowest BCUT2D eigenvalue weighted by Crippen LogP contribution is -2.68. The first kappa shape index (κ1) is 59.5. The maximum atomic E-state index is 12.4. The van der Waals surface area contributed by atoms with E-state index in [1.807, 2.05) is 0 Å². The summed E-state index contributed by atoms with van der Waals surface area (Å²) in [5.41, 5.74) is -0.300. The van der Waals surface area contributed by atoms with Gasteiger partial charge in [-0.2, -0.15) is 0 Å². The lowest BCUT2D eigenvalue weighted by atomic mass is 9.33. The van der Waals surface area contributed by atoms with Crippen LogP contribution in [0.25, 0.3) is 0 Å². The second-order valence-electron chi connectivity index (χ2n) is 26.5. The van der Waals surface area contributed by atoms with Gasteiger partial charge in [0.1, 0.15) is 91.6 Å². The number of hydrogen-bond donors (Lipinski definition) is 14. The Morgan fingerprint density at radius 2 is 1.12 bits per heavy atom. The minimum Gasteiger partial charge on any atom is -0.396 e. The topological polar surface area (TPSA) is 357 Å². The third kappa shape index (κ3) is 9.61. The van der Waals surface area contributed by atoms with Gasteiger partial charge in [0.15, 0.2) is 25.2 Å². The molecule has 9 aliphatic rings. The van der Waals surface area contributed by atoms with E-state index in [9.17, 15) is 71.5 Å². The largest absolute Gasteiger partial charge is 0.396 e. The van der Waals surface area contributed by atoms with Gasteiger partial charge >= 0.3 is 0 Å². The molecule has 0 aromatic rings. The maximum Gasteiger partial charge on any atom is 0.187 e. The quantitative estimate of drug-likeness (QED) is 0.0776. The molecule has 0 bridgehead atoms. The number of aliphatic hydroxyl groups is 14. The average molecular weight is 1090 g/mol. The highest BCUT2D eigenvalue weighted by Gasteiger charge is 2.70. The van der Waals surface area contributed by atoms with Crippen molar-refractivity contribution < 1.29 is 109 Å². The van der Waals surface area contributed by atoms with Crippen LogP contribution in [0.3, 0.4) is 0 Å². The van der Waals surface area contributed by atoms with Crippen molar-refractivity contribution in [3.05, 3.63) is 11.6 Å². The Morgan fingerprint density at radius 1 is 0.539 bits per heavy atom. The fraction of sp³-hybridized carbons (Fsp3) is 0.963. The average Bonchev–Trinajstić information content (AvgIpc) is 3.37. The summed E-state index contributed by atoms with van der Waals surface area (Å²) in [5.74, 6) is 0.425. The molecular formula is C54H90O22. The first-order valence-corrected chi connectivity index (χ1v) is 27.8. The Kier molecular flexibility index (Phi) is 16.9. The molecule has 0 aromatic carbocycles. The van der Waals surface area contributed by atoms with Crippen LogP contribution in [0.1, 0.15) is 113 Å². The predicted octanol–water partition coefficient (Wildman–Crippen LogP) is -1.56.